The summed E-state index contributed by atoms with van der Waals surface area (Å²) in [5.74, 6) is 1.66. The van der Waals surface area contributed by atoms with Crippen LogP contribution in [0.3, 0.4) is 0 Å². The van der Waals surface area contributed by atoms with Crippen LogP contribution in [0.25, 0.3) is 0 Å². The third-order valence-electron chi connectivity index (χ3n) is 5.27. The van der Waals surface area contributed by atoms with Gasteiger partial charge in [-0.25, -0.2) is 0 Å². The van der Waals surface area contributed by atoms with Crippen molar-refractivity contribution < 1.29 is 9.53 Å². The Balaban J connectivity index is 1.48. The monoisotopic (exact) mass is 386 g/mol. The van der Waals surface area contributed by atoms with Gasteiger partial charge >= 0.3 is 0 Å². The van der Waals surface area contributed by atoms with E-state index >= 15 is 0 Å². The van der Waals surface area contributed by atoms with E-state index in [1.54, 1.807) is 0 Å². The normalized spacial score (nSPS) is 16.4. The van der Waals surface area contributed by atoms with Gasteiger partial charge in [0.1, 0.15) is 11.5 Å². The summed E-state index contributed by atoms with van der Waals surface area (Å²) in [6.45, 7) is 2.39. The summed E-state index contributed by atoms with van der Waals surface area (Å²) in [5.41, 5.74) is 2.17. The predicted molar refractivity (Wildman–Crippen MR) is 115 cm³/mol. The predicted octanol–water partition coefficient (Wildman–Crippen LogP) is 4.06. The molecule has 1 aliphatic rings. The lowest BCUT2D eigenvalue weighted by Gasteiger charge is -2.36. The summed E-state index contributed by atoms with van der Waals surface area (Å²) in [4.78, 5) is 15.2. The minimum absolute atomic E-state index is 0.150. The fraction of sp³-hybridized carbons (Fsp3) is 0.240. The van der Waals surface area contributed by atoms with Crippen molar-refractivity contribution in [1.82, 2.24) is 10.2 Å². The van der Waals surface area contributed by atoms with Crippen LogP contribution in [-0.2, 0) is 17.6 Å². The second-order valence-electron chi connectivity index (χ2n) is 7.33. The van der Waals surface area contributed by atoms with E-state index in [4.69, 9.17) is 4.74 Å². The van der Waals surface area contributed by atoms with Gasteiger partial charge in [-0.3, -0.25) is 4.79 Å². The Morgan fingerprint density at radius 2 is 1.62 bits per heavy atom. The smallest absolute Gasteiger partial charge is 0.227 e. The second-order valence-corrected chi connectivity index (χ2v) is 7.33. The van der Waals surface area contributed by atoms with Crippen molar-refractivity contribution in [2.45, 2.75) is 18.9 Å². The Hall–Kier alpha value is -3.11. The molecule has 148 valence electrons. The minimum atomic E-state index is 0.150. The maximum Gasteiger partial charge on any atom is 0.227 e. The van der Waals surface area contributed by atoms with E-state index in [-0.39, 0.29) is 11.9 Å². The molecular weight excluding hydrogens is 360 g/mol. The van der Waals surface area contributed by atoms with E-state index in [9.17, 15) is 4.79 Å². The first kappa shape index (κ1) is 19.2. The molecule has 3 aromatic rings. The summed E-state index contributed by atoms with van der Waals surface area (Å²) in [7, 11) is 0. The van der Waals surface area contributed by atoms with Gasteiger partial charge in [-0.1, -0.05) is 66.7 Å². The SMILES string of the molecule is O=C(Cc1ccccc1Oc1ccccc1)N1CCNCC1Cc1ccccc1. The third kappa shape index (κ3) is 5.04. The molecule has 0 radical (unpaired) electrons. The summed E-state index contributed by atoms with van der Waals surface area (Å²) in [6.07, 6.45) is 1.20. The van der Waals surface area contributed by atoms with E-state index in [2.05, 4.69) is 29.6 Å². The molecule has 1 amide bonds. The fourth-order valence-electron chi connectivity index (χ4n) is 3.79. The first-order chi connectivity index (χ1) is 14.3. The van der Waals surface area contributed by atoms with Crippen LogP contribution in [0.2, 0.25) is 0 Å². The molecule has 1 heterocycles. The molecule has 0 bridgehead atoms. The highest BCUT2D eigenvalue weighted by Gasteiger charge is 2.27. The van der Waals surface area contributed by atoms with Gasteiger partial charge in [-0.2, -0.15) is 0 Å². The number of ether oxygens (including phenoxy) is 1. The Bertz CT molecular complexity index is 928. The molecular formula is C25H26N2O2. The number of piperazine rings is 1. The van der Waals surface area contributed by atoms with Crippen LogP contribution in [0.15, 0.2) is 84.9 Å². The molecule has 1 aliphatic heterocycles. The van der Waals surface area contributed by atoms with Crippen molar-refractivity contribution in [3.05, 3.63) is 96.1 Å². The number of nitrogens with zero attached hydrogens (tertiary/aromatic N) is 1. The van der Waals surface area contributed by atoms with Crippen molar-refractivity contribution >= 4 is 5.91 Å². The van der Waals surface area contributed by atoms with Gasteiger partial charge in [-0.15, -0.1) is 0 Å². The maximum absolute atomic E-state index is 13.2. The second kappa shape index (κ2) is 9.39. The lowest BCUT2D eigenvalue weighted by atomic mass is 10.0. The molecule has 4 rings (SSSR count). The van der Waals surface area contributed by atoms with Crippen LogP contribution < -0.4 is 10.1 Å². The topological polar surface area (TPSA) is 41.6 Å². The lowest BCUT2D eigenvalue weighted by Crippen LogP contribution is -2.54. The Labute approximate surface area is 172 Å². The van der Waals surface area contributed by atoms with Gasteiger partial charge in [0.05, 0.1) is 6.42 Å². The van der Waals surface area contributed by atoms with Crippen LogP contribution in [0.4, 0.5) is 0 Å². The van der Waals surface area contributed by atoms with Crippen molar-refractivity contribution in [3.8, 4) is 11.5 Å². The van der Waals surface area contributed by atoms with Gasteiger partial charge in [0.15, 0.2) is 0 Å². The summed E-state index contributed by atoms with van der Waals surface area (Å²) < 4.78 is 6.04. The fourth-order valence-corrected chi connectivity index (χ4v) is 3.79. The van der Waals surface area contributed by atoms with Gasteiger partial charge in [-0.05, 0) is 30.2 Å². The quantitative estimate of drug-likeness (QED) is 0.695. The van der Waals surface area contributed by atoms with Crippen molar-refractivity contribution in [2.75, 3.05) is 19.6 Å². The molecule has 1 fully saturated rings. The number of hydrogen-bond donors (Lipinski definition) is 1. The highest BCUT2D eigenvalue weighted by Crippen LogP contribution is 2.26. The molecule has 29 heavy (non-hydrogen) atoms. The maximum atomic E-state index is 13.2. The molecule has 3 aromatic carbocycles. The molecule has 1 N–H and O–H groups in total. The van der Waals surface area contributed by atoms with E-state index in [0.29, 0.717) is 6.42 Å². The minimum Gasteiger partial charge on any atom is -0.457 e. The van der Waals surface area contributed by atoms with Crippen molar-refractivity contribution in [2.24, 2.45) is 0 Å². The highest BCUT2D eigenvalue weighted by molar-refractivity contribution is 5.80. The zero-order chi connectivity index (χ0) is 19.9. The zero-order valence-electron chi connectivity index (χ0n) is 16.5. The van der Waals surface area contributed by atoms with Crippen LogP contribution in [0.5, 0.6) is 11.5 Å². The summed E-state index contributed by atoms with van der Waals surface area (Å²) in [5, 5.41) is 3.43. The van der Waals surface area contributed by atoms with Gasteiger partial charge in [0.2, 0.25) is 5.91 Å². The van der Waals surface area contributed by atoms with Gasteiger partial charge in [0.25, 0.3) is 0 Å². The molecule has 0 spiro atoms. The molecule has 4 nitrogen and oxygen atoms in total. The lowest BCUT2D eigenvalue weighted by molar-refractivity contribution is -0.133. The number of rotatable bonds is 6. The first-order valence-corrected chi connectivity index (χ1v) is 10.1. The third-order valence-corrected chi connectivity index (χ3v) is 5.27. The number of para-hydroxylation sites is 2. The van der Waals surface area contributed by atoms with E-state index in [0.717, 1.165) is 43.1 Å². The Kier molecular flexibility index (Phi) is 6.22. The van der Waals surface area contributed by atoms with Gasteiger partial charge < -0.3 is 15.0 Å². The number of hydrogen-bond acceptors (Lipinski definition) is 3. The number of benzene rings is 3. The average Bonchev–Trinajstić information content (AvgIpc) is 2.77. The molecule has 0 aliphatic carbocycles. The number of carbonyl (C=O) groups is 1. The van der Waals surface area contributed by atoms with Crippen LogP contribution >= 0.6 is 0 Å². The summed E-state index contributed by atoms with van der Waals surface area (Å²) in [6, 6.07) is 28.0. The Morgan fingerprint density at radius 3 is 2.41 bits per heavy atom. The van der Waals surface area contributed by atoms with Gasteiger partial charge in [0, 0.05) is 31.2 Å². The van der Waals surface area contributed by atoms with Crippen LogP contribution in [0, 0.1) is 0 Å². The average molecular weight is 386 g/mol. The van der Waals surface area contributed by atoms with E-state index < -0.39 is 0 Å². The molecule has 1 atom stereocenters. The van der Waals surface area contributed by atoms with E-state index in [1.165, 1.54) is 5.56 Å². The zero-order valence-corrected chi connectivity index (χ0v) is 16.5. The summed E-state index contributed by atoms with van der Waals surface area (Å²) >= 11 is 0. The molecule has 0 aromatic heterocycles. The van der Waals surface area contributed by atoms with Crippen molar-refractivity contribution in [1.29, 1.82) is 0 Å². The van der Waals surface area contributed by atoms with Crippen molar-refractivity contribution in [3.63, 3.8) is 0 Å². The largest absolute Gasteiger partial charge is 0.457 e. The molecule has 4 heteroatoms. The van der Waals surface area contributed by atoms with E-state index in [1.807, 2.05) is 65.6 Å². The number of nitrogens with one attached hydrogen (secondary N) is 1. The Morgan fingerprint density at radius 1 is 0.931 bits per heavy atom. The van der Waals surface area contributed by atoms with Crippen LogP contribution in [-0.4, -0.2) is 36.5 Å². The van der Waals surface area contributed by atoms with Crippen LogP contribution in [0.1, 0.15) is 11.1 Å². The number of carbonyl (C=O) groups excluding carboxylic acids is 1. The molecule has 1 saturated heterocycles. The number of amides is 1. The highest BCUT2D eigenvalue weighted by atomic mass is 16.5. The molecule has 1 unspecified atom stereocenters. The first-order valence-electron chi connectivity index (χ1n) is 10.1. The standard InChI is InChI=1S/C25H26N2O2/c28-25(27-16-15-26-19-22(27)17-20-9-3-1-4-10-20)18-21-11-7-8-14-24(21)29-23-12-5-2-6-13-23/h1-14,22,26H,15-19H2. The molecule has 0 saturated carbocycles.